The Hall–Kier alpha value is -1.68. The zero-order valence-electron chi connectivity index (χ0n) is 12.0. The predicted molar refractivity (Wildman–Crippen MR) is 78.4 cm³/mol. The summed E-state index contributed by atoms with van der Waals surface area (Å²) in [5.74, 6) is 1.29. The number of hydrogen-bond acceptors (Lipinski definition) is 4. The fourth-order valence-corrected chi connectivity index (χ4v) is 2.10. The van der Waals surface area contributed by atoms with E-state index < -0.39 is 0 Å². The molecule has 0 aliphatic rings. The maximum atomic E-state index is 5.26. The number of benzene rings is 1. The van der Waals surface area contributed by atoms with Crippen molar-refractivity contribution < 1.29 is 4.74 Å². The van der Waals surface area contributed by atoms with Crippen molar-refractivity contribution in [2.75, 3.05) is 19.0 Å². The smallest absolute Gasteiger partial charge is 0.156 e. The summed E-state index contributed by atoms with van der Waals surface area (Å²) in [4.78, 5) is 0. The number of nitrogens with zero attached hydrogens (tertiary/aromatic N) is 2. The van der Waals surface area contributed by atoms with Crippen LogP contribution < -0.4 is 5.32 Å². The minimum absolute atomic E-state index is 0.227. The van der Waals surface area contributed by atoms with Gasteiger partial charge in [0.2, 0.25) is 0 Å². The Labute approximate surface area is 114 Å². The Morgan fingerprint density at radius 2 is 1.84 bits per heavy atom. The maximum Gasteiger partial charge on any atom is 0.156 e. The molecule has 0 fully saturated rings. The van der Waals surface area contributed by atoms with E-state index in [0.29, 0.717) is 12.5 Å². The quantitative estimate of drug-likeness (QED) is 0.896. The fraction of sp³-hybridized carbons (Fsp3) is 0.467. The van der Waals surface area contributed by atoms with Gasteiger partial charge in [0.1, 0.15) is 0 Å². The largest absolute Gasteiger partial charge is 0.383 e. The van der Waals surface area contributed by atoms with Crippen LogP contribution in [0.5, 0.6) is 0 Å². The molecule has 0 aliphatic heterocycles. The van der Waals surface area contributed by atoms with Gasteiger partial charge in [0.15, 0.2) is 5.82 Å². The first-order valence-corrected chi connectivity index (χ1v) is 6.61. The van der Waals surface area contributed by atoms with E-state index in [9.17, 15) is 0 Å². The number of aryl methyl sites for hydroxylation is 1. The third kappa shape index (κ3) is 3.01. The van der Waals surface area contributed by atoms with Crippen LogP contribution in [0.3, 0.4) is 0 Å². The SMILES string of the molecule is COCC(Nc1nnc(C)c2ccccc12)C(C)C. The van der Waals surface area contributed by atoms with Gasteiger partial charge in [-0.3, -0.25) is 0 Å². The molecular formula is C15H21N3O. The maximum absolute atomic E-state index is 5.26. The standard InChI is InChI=1S/C15H21N3O/c1-10(2)14(9-19-4)16-15-13-8-6-5-7-12(13)11(3)17-18-15/h5-8,10,14H,9H2,1-4H3,(H,16,18). The van der Waals surface area contributed by atoms with Gasteiger partial charge < -0.3 is 10.1 Å². The highest BCUT2D eigenvalue weighted by Gasteiger charge is 2.15. The van der Waals surface area contributed by atoms with E-state index in [1.165, 1.54) is 0 Å². The predicted octanol–water partition coefficient (Wildman–Crippen LogP) is 3.02. The lowest BCUT2D eigenvalue weighted by molar-refractivity contribution is 0.171. The highest BCUT2D eigenvalue weighted by molar-refractivity contribution is 5.92. The van der Waals surface area contributed by atoms with Gasteiger partial charge in [-0.15, -0.1) is 5.10 Å². The Morgan fingerprint density at radius 3 is 2.47 bits per heavy atom. The van der Waals surface area contributed by atoms with Gasteiger partial charge in [0.25, 0.3) is 0 Å². The molecule has 1 atom stereocenters. The molecule has 1 N–H and O–H groups in total. The summed E-state index contributed by atoms with van der Waals surface area (Å²) in [6.07, 6.45) is 0. The summed E-state index contributed by atoms with van der Waals surface area (Å²) in [6, 6.07) is 8.42. The molecule has 4 nitrogen and oxygen atoms in total. The third-order valence-corrected chi connectivity index (χ3v) is 3.35. The first-order valence-electron chi connectivity index (χ1n) is 6.61. The molecule has 2 aromatic rings. The van der Waals surface area contributed by atoms with Crippen LogP contribution in [0.1, 0.15) is 19.5 Å². The molecule has 4 heteroatoms. The lowest BCUT2D eigenvalue weighted by atomic mass is 10.0. The van der Waals surface area contributed by atoms with Crippen LogP contribution in [0.2, 0.25) is 0 Å². The minimum atomic E-state index is 0.227. The van der Waals surface area contributed by atoms with Gasteiger partial charge in [0.05, 0.1) is 18.3 Å². The molecule has 1 aromatic carbocycles. The monoisotopic (exact) mass is 259 g/mol. The Kier molecular flexibility index (Phi) is 4.32. The summed E-state index contributed by atoms with van der Waals surface area (Å²) >= 11 is 0. The van der Waals surface area contributed by atoms with E-state index in [4.69, 9.17) is 4.74 Å². The molecule has 1 heterocycles. The van der Waals surface area contributed by atoms with E-state index in [1.54, 1.807) is 7.11 Å². The number of aromatic nitrogens is 2. The molecule has 0 saturated heterocycles. The molecule has 0 radical (unpaired) electrons. The number of anilines is 1. The Morgan fingerprint density at radius 1 is 1.16 bits per heavy atom. The molecule has 0 aliphatic carbocycles. The zero-order chi connectivity index (χ0) is 13.8. The van der Waals surface area contributed by atoms with Crippen LogP contribution in [-0.2, 0) is 4.74 Å². The average molecular weight is 259 g/mol. The molecular weight excluding hydrogens is 238 g/mol. The summed E-state index contributed by atoms with van der Waals surface area (Å²) < 4.78 is 5.26. The van der Waals surface area contributed by atoms with Crippen LogP contribution in [0, 0.1) is 12.8 Å². The second-order valence-corrected chi connectivity index (χ2v) is 5.13. The Balaban J connectivity index is 2.37. The van der Waals surface area contributed by atoms with E-state index in [-0.39, 0.29) is 6.04 Å². The van der Waals surface area contributed by atoms with Crippen LogP contribution in [0.25, 0.3) is 10.8 Å². The van der Waals surface area contributed by atoms with Crippen molar-refractivity contribution in [2.45, 2.75) is 26.8 Å². The van der Waals surface area contributed by atoms with Crippen molar-refractivity contribution in [1.29, 1.82) is 0 Å². The normalized spacial score (nSPS) is 12.9. The summed E-state index contributed by atoms with van der Waals surface area (Å²) in [5.41, 5.74) is 0.953. The minimum Gasteiger partial charge on any atom is -0.383 e. The molecule has 102 valence electrons. The van der Waals surface area contributed by atoms with E-state index in [2.05, 4.69) is 41.5 Å². The van der Waals surface area contributed by atoms with E-state index in [0.717, 1.165) is 22.3 Å². The number of ether oxygens (including phenoxy) is 1. The number of rotatable bonds is 5. The number of fused-ring (bicyclic) bond motifs is 1. The summed E-state index contributed by atoms with van der Waals surface area (Å²) in [5, 5.41) is 14.2. The molecule has 0 saturated carbocycles. The number of methoxy groups -OCH3 is 1. The molecule has 0 spiro atoms. The first kappa shape index (κ1) is 13.7. The van der Waals surface area contributed by atoms with Crippen molar-refractivity contribution in [3.8, 4) is 0 Å². The van der Waals surface area contributed by atoms with Crippen LogP contribution in [0.15, 0.2) is 24.3 Å². The molecule has 1 unspecified atom stereocenters. The molecule has 1 aromatic heterocycles. The van der Waals surface area contributed by atoms with Crippen LogP contribution in [0.4, 0.5) is 5.82 Å². The second kappa shape index (κ2) is 5.97. The molecule has 2 rings (SSSR count). The number of hydrogen-bond donors (Lipinski definition) is 1. The Bertz CT molecular complexity index is 554. The van der Waals surface area contributed by atoms with Gasteiger partial charge in [-0.2, -0.15) is 5.10 Å². The lowest BCUT2D eigenvalue weighted by Gasteiger charge is -2.22. The van der Waals surface area contributed by atoms with Crippen LogP contribution in [-0.4, -0.2) is 30.0 Å². The summed E-state index contributed by atoms with van der Waals surface area (Å²) in [6.45, 7) is 6.97. The highest BCUT2D eigenvalue weighted by atomic mass is 16.5. The third-order valence-electron chi connectivity index (χ3n) is 3.35. The van der Waals surface area contributed by atoms with Gasteiger partial charge in [-0.1, -0.05) is 38.1 Å². The van der Waals surface area contributed by atoms with Crippen molar-refractivity contribution in [3.05, 3.63) is 30.0 Å². The molecule has 19 heavy (non-hydrogen) atoms. The second-order valence-electron chi connectivity index (χ2n) is 5.13. The lowest BCUT2D eigenvalue weighted by Crippen LogP contribution is -2.31. The van der Waals surface area contributed by atoms with E-state index >= 15 is 0 Å². The van der Waals surface area contributed by atoms with Gasteiger partial charge in [-0.05, 0) is 12.8 Å². The number of nitrogens with one attached hydrogen (secondary N) is 1. The van der Waals surface area contributed by atoms with Gasteiger partial charge in [0, 0.05) is 17.9 Å². The van der Waals surface area contributed by atoms with Gasteiger partial charge in [-0.25, -0.2) is 0 Å². The topological polar surface area (TPSA) is 47.0 Å². The first-order chi connectivity index (χ1) is 9.13. The van der Waals surface area contributed by atoms with Crippen molar-refractivity contribution >= 4 is 16.6 Å². The summed E-state index contributed by atoms with van der Waals surface area (Å²) in [7, 11) is 1.72. The average Bonchev–Trinajstić information content (AvgIpc) is 2.41. The van der Waals surface area contributed by atoms with Gasteiger partial charge >= 0.3 is 0 Å². The highest BCUT2D eigenvalue weighted by Crippen LogP contribution is 2.23. The van der Waals surface area contributed by atoms with E-state index in [1.807, 2.05) is 19.1 Å². The van der Waals surface area contributed by atoms with Crippen molar-refractivity contribution in [3.63, 3.8) is 0 Å². The van der Waals surface area contributed by atoms with Crippen molar-refractivity contribution in [1.82, 2.24) is 10.2 Å². The zero-order valence-corrected chi connectivity index (χ0v) is 12.0. The molecule has 0 bridgehead atoms. The van der Waals surface area contributed by atoms with Crippen LogP contribution >= 0.6 is 0 Å². The fourth-order valence-electron chi connectivity index (χ4n) is 2.10. The molecule has 0 amide bonds. The van der Waals surface area contributed by atoms with Crippen molar-refractivity contribution in [2.24, 2.45) is 5.92 Å².